The molecule has 0 radical (unpaired) electrons. The molecule has 1 N–H and O–H groups in total. The van der Waals surface area contributed by atoms with Gasteiger partial charge in [0.1, 0.15) is 0 Å². The maximum absolute atomic E-state index is 11.5. The number of alkyl halides is 1. The zero-order chi connectivity index (χ0) is 10.4. The second-order valence-electron chi connectivity index (χ2n) is 4.12. The molecule has 1 atom stereocenters. The fraction of sp³-hybridized carbons (Fsp3) is 0.909. The van der Waals surface area contributed by atoms with E-state index in [0.29, 0.717) is 0 Å². The summed E-state index contributed by atoms with van der Waals surface area (Å²) >= 11 is 3.36. The molecule has 2 nitrogen and oxygen atoms in total. The van der Waals surface area contributed by atoms with Crippen LogP contribution < -0.4 is 5.32 Å². The van der Waals surface area contributed by atoms with E-state index in [-0.39, 0.29) is 10.7 Å². The summed E-state index contributed by atoms with van der Waals surface area (Å²) in [6.45, 7) is 2.89. The summed E-state index contributed by atoms with van der Waals surface area (Å²) in [4.78, 5) is 11.5. The first-order valence-electron chi connectivity index (χ1n) is 5.65. The lowest BCUT2D eigenvalue weighted by Gasteiger charge is -2.22. The predicted octanol–water partition coefficient (Wildman–Crippen LogP) is 2.86. The quantitative estimate of drug-likeness (QED) is 0.775. The van der Waals surface area contributed by atoms with Crippen LogP contribution in [0.4, 0.5) is 0 Å². The number of carbonyl (C=O) groups is 1. The van der Waals surface area contributed by atoms with Crippen molar-refractivity contribution in [2.24, 2.45) is 5.92 Å². The molecule has 0 spiro atoms. The largest absolute Gasteiger partial charge is 0.355 e. The van der Waals surface area contributed by atoms with E-state index >= 15 is 0 Å². The Morgan fingerprint density at radius 2 is 2.07 bits per heavy atom. The van der Waals surface area contributed by atoms with E-state index in [9.17, 15) is 4.79 Å². The normalized spacial score (nSPS) is 20.4. The van der Waals surface area contributed by atoms with Crippen LogP contribution in [0.3, 0.4) is 0 Å². The summed E-state index contributed by atoms with van der Waals surface area (Å²) < 4.78 is 0. The minimum absolute atomic E-state index is 0.00825. The lowest BCUT2D eigenvalue weighted by molar-refractivity contribution is -0.120. The SMILES string of the molecule is CCC(Br)C(=O)NCC1CCCCC1. The molecule has 1 unspecified atom stereocenters. The summed E-state index contributed by atoms with van der Waals surface area (Å²) in [5.74, 6) is 0.877. The monoisotopic (exact) mass is 261 g/mol. The molecule has 1 fully saturated rings. The summed E-state index contributed by atoms with van der Waals surface area (Å²) in [7, 11) is 0. The maximum atomic E-state index is 11.5. The van der Waals surface area contributed by atoms with Gasteiger partial charge in [0.05, 0.1) is 4.83 Å². The fourth-order valence-corrected chi connectivity index (χ4v) is 2.09. The Morgan fingerprint density at radius 3 is 2.64 bits per heavy atom. The number of rotatable bonds is 4. The molecule has 0 aromatic rings. The zero-order valence-electron chi connectivity index (χ0n) is 8.89. The standard InChI is InChI=1S/C11H20BrNO/c1-2-10(12)11(14)13-8-9-6-4-3-5-7-9/h9-10H,2-8H2,1H3,(H,13,14). The molecular weight excluding hydrogens is 242 g/mol. The number of hydrogen-bond acceptors (Lipinski definition) is 1. The van der Waals surface area contributed by atoms with Gasteiger partial charge in [-0.1, -0.05) is 42.1 Å². The Morgan fingerprint density at radius 1 is 1.43 bits per heavy atom. The van der Waals surface area contributed by atoms with Crippen LogP contribution in [0.15, 0.2) is 0 Å². The van der Waals surface area contributed by atoms with Gasteiger partial charge < -0.3 is 5.32 Å². The first-order chi connectivity index (χ1) is 6.74. The average molecular weight is 262 g/mol. The van der Waals surface area contributed by atoms with E-state index in [1.165, 1.54) is 32.1 Å². The molecule has 1 saturated carbocycles. The molecule has 1 amide bonds. The Balaban J connectivity index is 2.15. The van der Waals surface area contributed by atoms with Gasteiger partial charge in [-0.3, -0.25) is 4.79 Å². The second kappa shape index (κ2) is 6.44. The third-order valence-electron chi connectivity index (χ3n) is 2.93. The zero-order valence-corrected chi connectivity index (χ0v) is 10.5. The molecule has 0 bridgehead atoms. The number of nitrogens with one attached hydrogen (secondary N) is 1. The average Bonchev–Trinajstić information content (AvgIpc) is 2.26. The molecule has 0 heterocycles. The Bertz CT molecular complexity index is 178. The second-order valence-corrected chi connectivity index (χ2v) is 5.23. The van der Waals surface area contributed by atoms with Crippen molar-refractivity contribution in [1.82, 2.24) is 5.32 Å². The Kier molecular flexibility index (Phi) is 5.53. The van der Waals surface area contributed by atoms with Crippen LogP contribution in [0.5, 0.6) is 0 Å². The van der Waals surface area contributed by atoms with Crippen LogP contribution in [0.1, 0.15) is 45.4 Å². The maximum Gasteiger partial charge on any atom is 0.233 e. The van der Waals surface area contributed by atoms with Crippen LogP contribution in [-0.2, 0) is 4.79 Å². The third-order valence-corrected chi connectivity index (χ3v) is 4.00. The van der Waals surface area contributed by atoms with Gasteiger partial charge in [-0.15, -0.1) is 0 Å². The van der Waals surface area contributed by atoms with E-state index in [1.54, 1.807) is 0 Å². The molecule has 0 aromatic carbocycles. The van der Waals surface area contributed by atoms with Crippen LogP contribution in [-0.4, -0.2) is 17.3 Å². The van der Waals surface area contributed by atoms with Crippen molar-refractivity contribution in [3.8, 4) is 0 Å². The minimum Gasteiger partial charge on any atom is -0.355 e. The molecule has 1 rings (SSSR count). The van der Waals surface area contributed by atoms with Gasteiger partial charge in [0, 0.05) is 6.54 Å². The van der Waals surface area contributed by atoms with E-state index in [0.717, 1.165) is 18.9 Å². The molecule has 1 aliphatic carbocycles. The Hall–Kier alpha value is -0.0500. The first kappa shape index (κ1) is 12.0. The molecule has 3 heteroatoms. The van der Waals surface area contributed by atoms with Gasteiger partial charge in [-0.2, -0.15) is 0 Å². The van der Waals surface area contributed by atoms with Crippen LogP contribution >= 0.6 is 15.9 Å². The highest BCUT2D eigenvalue weighted by Crippen LogP contribution is 2.22. The Labute approximate surface area is 95.0 Å². The van der Waals surface area contributed by atoms with Crippen LogP contribution in [0.25, 0.3) is 0 Å². The van der Waals surface area contributed by atoms with Crippen molar-refractivity contribution in [3.05, 3.63) is 0 Å². The van der Waals surface area contributed by atoms with Gasteiger partial charge in [-0.05, 0) is 25.2 Å². The van der Waals surface area contributed by atoms with E-state index in [1.807, 2.05) is 6.92 Å². The van der Waals surface area contributed by atoms with Crippen molar-refractivity contribution in [2.45, 2.75) is 50.3 Å². The fourth-order valence-electron chi connectivity index (χ4n) is 1.93. The molecule has 1 aliphatic rings. The topological polar surface area (TPSA) is 29.1 Å². The molecule has 14 heavy (non-hydrogen) atoms. The molecule has 0 aromatic heterocycles. The highest BCUT2D eigenvalue weighted by molar-refractivity contribution is 9.10. The summed E-state index contributed by atoms with van der Waals surface area (Å²) in [5, 5.41) is 3.02. The van der Waals surface area contributed by atoms with E-state index < -0.39 is 0 Å². The molecular formula is C11H20BrNO. The van der Waals surface area contributed by atoms with Gasteiger partial charge >= 0.3 is 0 Å². The number of halogens is 1. The molecule has 0 aliphatic heterocycles. The van der Waals surface area contributed by atoms with Crippen LogP contribution in [0, 0.1) is 5.92 Å². The van der Waals surface area contributed by atoms with E-state index in [2.05, 4.69) is 21.2 Å². The number of carbonyl (C=O) groups excluding carboxylic acids is 1. The van der Waals surface area contributed by atoms with Crippen molar-refractivity contribution >= 4 is 21.8 Å². The van der Waals surface area contributed by atoms with Gasteiger partial charge in [-0.25, -0.2) is 0 Å². The minimum atomic E-state index is -0.00825. The van der Waals surface area contributed by atoms with E-state index in [4.69, 9.17) is 0 Å². The van der Waals surface area contributed by atoms with Gasteiger partial charge in [0.2, 0.25) is 5.91 Å². The summed E-state index contributed by atoms with van der Waals surface area (Å²) in [6, 6.07) is 0. The third kappa shape index (κ3) is 3.99. The first-order valence-corrected chi connectivity index (χ1v) is 6.57. The summed E-state index contributed by atoms with van der Waals surface area (Å²) in [5.41, 5.74) is 0. The number of hydrogen-bond donors (Lipinski definition) is 1. The van der Waals surface area contributed by atoms with Crippen molar-refractivity contribution in [1.29, 1.82) is 0 Å². The van der Waals surface area contributed by atoms with Gasteiger partial charge in [0.25, 0.3) is 0 Å². The lowest BCUT2D eigenvalue weighted by atomic mass is 9.89. The van der Waals surface area contributed by atoms with Gasteiger partial charge in [0.15, 0.2) is 0 Å². The predicted molar refractivity (Wildman–Crippen MR) is 62.6 cm³/mol. The van der Waals surface area contributed by atoms with Crippen LogP contribution in [0.2, 0.25) is 0 Å². The number of amides is 1. The molecule has 82 valence electrons. The van der Waals surface area contributed by atoms with Crippen molar-refractivity contribution < 1.29 is 4.79 Å². The molecule has 0 saturated heterocycles. The van der Waals surface area contributed by atoms with Crippen molar-refractivity contribution in [2.75, 3.05) is 6.54 Å². The lowest BCUT2D eigenvalue weighted by Crippen LogP contribution is -2.35. The smallest absolute Gasteiger partial charge is 0.233 e. The summed E-state index contributed by atoms with van der Waals surface area (Å²) in [6.07, 6.45) is 7.49. The van der Waals surface area contributed by atoms with Crippen molar-refractivity contribution in [3.63, 3.8) is 0 Å². The highest BCUT2D eigenvalue weighted by atomic mass is 79.9. The highest BCUT2D eigenvalue weighted by Gasteiger charge is 2.16.